The molecule has 5 heteroatoms. The zero-order valence-corrected chi connectivity index (χ0v) is 21.3. The monoisotopic (exact) mass is 481 g/mol. The number of benzene rings is 3. The van der Waals surface area contributed by atoms with Crippen LogP contribution in [-0.2, 0) is 19.4 Å². The van der Waals surface area contributed by atoms with Gasteiger partial charge < -0.3 is 19.5 Å². The number of nitrogens with zero attached hydrogens (tertiary/aromatic N) is 1. The van der Waals surface area contributed by atoms with Crippen molar-refractivity contribution in [3.63, 3.8) is 0 Å². The summed E-state index contributed by atoms with van der Waals surface area (Å²) in [5.41, 5.74) is 8.83. The number of pyridine rings is 1. The molecule has 3 heterocycles. The van der Waals surface area contributed by atoms with E-state index in [1.165, 1.54) is 44.3 Å². The second-order valence-corrected chi connectivity index (χ2v) is 9.81. The van der Waals surface area contributed by atoms with Crippen LogP contribution in [0.4, 0.5) is 5.69 Å². The van der Waals surface area contributed by atoms with Gasteiger partial charge in [-0.3, -0.25) is 0 Å². The fraction of sp³-hybridized carbons (Fsp3) is 0.323. The normalized spacial score (nSPS) is 13.4. The lowest BCUT2D eigenvalue weighted by Gasteiger charge is -2.22. The molecule has 0 fully saturated rings. The highest BCUT2D eigenvalue weighted by molar-refractivity contribution is 6.00. The topological polar surface area (TPSA) is 43.6 Å². The van der Waals surface area contributed by atoms with Gasteiger partial charge in [-0.15, -0.1) is 0 Å². The first-order valence-corrected chi connectivity index (χ1v) is 12.9. The molecule has 3 aromatic carbocycles. The van der Waals surface area contributed by atoms with Crippen LogP contribution in [0.5, 0.6) is 17.2 Å². The molecule has 4 aromatic rings. The first kappa shape index (κ1) is 22.7. The van der Waals surface area contributed by atoms with Crippen LogP contribution in [0.2, 0.25) is 0 Å². The molecule has 2 aliphatic heterocycles. The first-order chi connectivity index (χ1) is 17.7. The van der Waals surface area contributed by atoms with Crippen LogP contribution in [0.15, 0.2) is 54.7 Å². The Hall–Kier alpha value is -3.73. The second-order valence-electron chi connectivity index (χ2n) is 9.81. The van der Waals surface area contributed by atoms with Crippen LogP contribution in [0, 0.1) is 6.92 Å². The van der Waals surface area contributed by atoms with E-state index in [0.717, 1.165) is 61.7 Å². The molecule has 0 saturated heterocycles. The summed E-state index contributed by atoms with van der Waals surface area (Å²) in [5.74, 6) is 2.58. The van der Waals surface area contributed by atoms with Gasteiger partial charge in [0.2, 0.25) is 12.5 Å². The first-order valence-electron chi connectivity index (χ1n) is 12.9. The van der Waals surface area contributed by atoms with Crippen molar-refractivity contribution in [2.45, 2.75) is 46.1 Å². The van der Waals surface area contributed by atoms with Crippen LogP contribution in [0.3, 0.4) is 0 Å². The Balaban J connectivity index is 1.60. The van der Waals surface area contributed by atoms with Gasteiger partial charge in [-0.25, -0.2) is 0 Å². The molecular formula is C31H33N2O3+. The number of nitrogens with one attached hydrogen (secondary N) is 1. The Morgan fingerprint density at radius 2 is 1.81 bits per heavy atom. The molecule has 1 N–H and O–H groups in total. The van der Waals surface area contributed by atoms with Gasteiger partial charge in [-0.2, -0.15) is 4.57 Å². The maximum absolute atomic E-state index is 5.80. The molecule has 5 nitrogen and oxygen atoms in total. The van der Waals surface area contributed by atoms with Crippen molar-refractivity contribution in [3.8, 4) is 28.5 Å². The van der Waals surface area contributed by atoms with Crippen molar-refractivity contribution < 1.29 is 18.8 Å². The van der Waals surface area contributed by atoms with Crippen LogP contribution in [0.1, 0.15) is 42.0 Å². The minimum Gasteiger partial charge on any atom is -0.495 e. The van der Waals surface area contributed by atoms with Crippen molar-refractivity contribution in [2.75, 3.05) is 25.8 Å². The van der Waals surface area contributed by atoms with E-state index in [1.807, 2.05) is 0 Å². The second kappa shape index (κ2) is 9.38. The number of aromatic nitrogens is 1. The molecule has 0 radical (unpaired) electrons. The summed E-state index contributed by atoms with van der Waals surface area (Å²) >= 11 is 0. The maximum atomic E-state index is 5.80. The summed E-state index contributed by atoms with van der Waals surface area (Å²) in [6.07, 6.45) is 6.39. The van der Waals surface area contributed by atoms with Crippen molar-refractivity contribution in [1.82, 2.24) is 0 Å². The predicted molar refractivity (Wildman–Crippen MR) is 143 cm³/mol. The van der Waals surface area contributed by atoms with E-state index < -0.39 is 0 Å². The van der Waals surface area contributed by atoms with E-state index in [-0.39, 0.29) is 0 Å². The standard InChI is InChI=1S/C31H32N2O3/c1-4-5-13-32-30-26-18-33-14-12-22-16-28-29(36-19-35-28)17-24(22)31(33)25(23(26)10-11-27(30)34-3)15-21-8-6-20(2)7-9-21/h6-11,16-18H,4-5,12-15,19H2,1-3H3/p+1. The zero-order valence-electron chi connectivity index (χ0n) is 21.3. The summed E-state index contributed by atoms with van der Waals surface area (Å²) in [6, 6.07) is 17.6. The fourth-order valence-corrected chi connectivity index (χ4v) is 5.50. The van der Waals surface area contributed by atoms with Crippen molar-refractivity contribution in [2.24, 2.45) is 0 Å². The van der Waals surface area contributed by atoms with Crippen LogP contribution < -0.4 is 24.1 Å². The third-order valence-electron chi connectivity index (χ3n) is 7.42. The molecule has 0 atom stereocenters. The molecule has 0 amide bonds. The number of hydrogen-bond donors (Lipinski definition) is 1. The van der Waals surface area contributed by atoms with Crippen LogP contribution in [-0.4, -0.2) is 20.4 Å². The number of anilines is 1. The summed E-state index contributed by atoms with van der Waals surface area (Å²) in [7, 11) is 1.75. The average molecular weight is 482 g/mol. The van der Waals surface area contributed by atoms with Crippen molar-refractivity contribution in [3.05, 3.63) is 77.0 Å². The molecule has 0 spiro atoms. The number of rotatable bonds is 7. The summed E-state index contributed by atoms with van der Waals surface area (Å²) in [5, 5.41) is 6.16. The molecular weight excluding hydrogens is 448 g/mol. The van der Waals surface area contributed by atoms with Gasteiger partial charge in [0.15, 0.2) is 24.2 Å². The Morgan fingerprint density at radius 1 is 1.00 bits per heavy atom. The predicted octanol–water partition coefficient (Wildman–Crippen LogP) is 6.20. The minimum absolute atomic E-state index is 0.290. The molecule has 0 saturated carbocycles. The lowest BCUT2D eigenvalue weighted by atomic mass is 9.88. The number of aryl methyl sites for hydroxylation is 3. The number of fused-ring (bicyclic) bond motifs is 5. The molecule has 184 valence electrons. The minimum atomic E-state index is 0.290. The third-order valence-corrected chi connectivity index (χ3v) is 7.42. The Labute approximate surface area is 212 Å². The van der Waals surface area contributed by atoms with Gasteiger partial charge >= 0.3 is 0 Å². The summed E-state index contributed by atoms with van der Waals surface area (Å²) < 4.78 is 19.7. The highest BCUT2D eigenvalue weighted by Crippen LogP contribution is 2.43. The van der Waals surface area contributed by atoms with Gasteiger partial charge in [-0.1, -0.05) is 43.2 Å². The van der Waals surface area contributed by atoms with Crippen molar-refractivity contribution >= 4 is 16.5 Å². The molecule has 0 unspecified atom stereocenters. The van der Waals surface area contributed by atoms with Crippen molar-refractivity contribution in [1.29, 1.82) is 0 Å². The smallest absolute Gasteiger partial charge is 0.231 e. The molecule has 36 heavy (non-hydrogen) atoms. The molecule has 0 bridgehead atoms. The van der Waals surface area contributed by atoms with E-state index in [2.05, 4.69) is 78.5 Å². The molecule has 6 rings (SSSR count). The fourth-order valence-electron chi connectivity index (χ4n) is 5.50. The Kier molecular flexibility index (Phi) is 5.92. The quantitative estimate of drug-likeness (QED) is 0.252. The Bertz CT molecular complexity index is 1440. The lowest BCUT2D eigenvalue weighted by molar-refractivity contribution is -0.686. The van der Waals surface area contributed by atoms with Gasteiger partial charge in [0.1, 0.15) is 5.75 Å². The highest BCUT2D eigenvalue weighted by Gasteiger charge is 2.32. The van der Waals surface area contributed by atoms with Crippen LogP contribution in [0.25, 0.3) is 22.0 Å². The zero-order chi connectivity index (χ0) is 24.6. The van der Waals surface area contributed by atoms with E-state index in [9.17, 15) is 0 Å². The lowest BCUT2D eigenvalue weighted by Crippen LogP contribution is -2.41. The van der Waals surface area contributed by atoms with E-state index in [0.29, 0.717) is 6.79 Å². The van der Waals surface area contributed by atoms with E-state index in [4.69, 9.17) is 14.2 Å². The molecule has 2 aliphatic rings. The summed E-state index contributed by atoms with van der Waals surface area (Å²) in [4.78, 5) is 0. The molecule has 0 aliphatic carbocycles. The number of hydrogen-bond acceptors (Lipinski definition) is 4. The highest BCUT2D eigenvalue weighted by atomic mass is 16.7. The SMILES string of the molecule is CCCCNc1c(OC)ccc2c(Cc3ccc(C)cc3)c3[n+](cc12)CCc1cc2c(cc1-3)OCO2. The van der Waals surface area contributed by atoms with Gasteiger partial charge in [0, 0.05) is 30.3 Å². The van der Waals surface area contributed by atoms with Gasteiger partial charge in [0.05, 0.1) is 23.7 Å². The van der Waals surface area contributed by atoms with Gasteiger partial charge in [0.25, 0.3) is 0 Å². The number of unbranched alkanes of at least 4 members (excludes halogenated alkanes) is 1. The number of ether oxygens (including phenoxy) is 3. The molecule has 1 aromatic heterocycles. The largest absolute Gasteiger partial charge is 0.495 e. The van der Waals surface area contributed by atoms with Crippen LogP contribution >= 0.6 is 0 Å². The van der Waals surface area contributed by atoms with Gasteiger partial charge in [-0.05, 0) is 48.7 Å². The summed E-state index contributed by atoms with van der Waals surface area (Å²) in [6.45, 7) is 6.49. The van der Waals surface area contributed by atoms with E-state index >= 15 is 0 Å². The number of methoxy groups -OCH3 is 1. The average Bonchev–Trinajstić information content (AvgIpc) is 3.36. The van der Waals surface area contributed by atoms with E-state index in [1.54, 1.807) is 7.11 Å². The maximum Gasteiger partial charge on any atom is 0.231 e. The third kappa shape index (κ3) is 3.93. The Morgan fingerprint density at radius 3 is 2.58 bits per heavy atom.